The number of aliphatic carboxylic acids is 1. The Balaban J connectivity index is 2.70. The summed E-state index contributed by atoms with van der Waals surface area (Å²) in [5.41, 5.74) is -0.870. The molecule has 0 unspecified atom stereocenters. The number of amides is 1. The highest BCUT2D eigenvalue weighted by Crippen LogP contribution is 2.30. The maximum atomic E-state index is 12.4. The Bertz CT molecular complexity index is 582. The van der Waals surface area contributed by atoms with Crippen molar-refractivity contribution in [3.63, 3.8) is 0 Å². The quantitative estimate of drug-likeness (QED) is 0.752. The number of rotatable bonds is 8. The molecule has 0 aliphatic carbocycles. The molecule has 6 heteroatoms. The van der Waals surface area contributed by atoms with Crippen molar-refractivity contribution < 1.29 is 14.7 Å². The van der Waals surface area contributed by atoms with Crippen molar-refractivity contribution >= 4 is 23.5 Å². The van der Waals surface area contributed by atoms with Gasteiger partial charge in [0.15, 0.2) is 0 Å². The maximum absolute atomic E-state index is 12.4. The Morgan fingerprint density at radius 2 is 1.71 bits per heavy atom. The minimum atomic E-state index is -1.07. The first-order chi connectivity index (χ1) is 11.0. The summed E-state index contributed by atoms with van der Waals surface area (Å²) in [5, 5.41) is 12.9. The maximum Gasteiger partial charge on any atom is 0.311 e. The number of carbonyl (C=O) groups excluding carboxylic acids is 1. The molecule has 0 radical (unpaired) electrons. The zero-order valence-electron chi connectivity index (χ0n) is 15.0. The fourth-order valence-electron chi connectivity index (χ4n) is 2.14. The first-order valence-corrected chi connectivity index (χ1v) is 8.38. The molecule has 5 nitrogen and oxygen atoms in total. The third-order valence-corrected chi connectivity index (χ3v) is 4.93. The standard InChI is InChI=1S/C18H27ClN2O3/c1-6-21(11-13-7-9-14(19)10-8-13)12-15(22)20-18(4,5)17(2,3)16(23)24/h7-10H,6,11-12H2,1-5H3,(H,20,22)(H,23,24). The number of nitrogens with one attached hydrogen (secondary N) is 1. The number of halogens is 1. The predicted molar refractivity (Wildman–Crippen MR) is 96.0 cm³/mol. The molecular weight excluding hydrogens is 328 g/mol. The second kappa shape index (κ2) is 7.99. The highest BCUT2D eigenvalue weighted by Gasteiger charge is 2.44. The molecule has 0 saturated heterocycles. The van der Waals surface area contributed by atoms with Gasteiger partial charge in [0, 0.05) is 11.6 Å². The van der Waals surface area contributed by atoms with Gasteiger partial charge in [0.2, 0.25) is 5.91 Å². The smallest absolute Gasteiger partial charge is 0.311 e. The van der Waals surface area contributed by atoms with E-state index in [9.17, 15) is 14.7 Å². The van der Waals surface area contributed by atoms with Gasteiger partial charge >= 0.3 is 5.97 Å². The van der Waals surface area contributed by atoms with Crippen molar-refractivity contribution in [2.75, 3.05) is 13.1 Å². The highest BCUT2D eigenvalue weighted by molar-refractivity contribution is 6.30. The normalized spacial score (nSPS) is 12.3. The Hall–Kier alpha value is -1.59. The van der Waals surface area contributed by atoms with Crippen LogP contribution in [0.2, 0.25) is 5.02 Å². The summed E-state index contributed by atoms with van der Waals surface area (Å²) in [6, 6.07) is 7.51. The van der Waals surface area contributed by atoms with Crippen molar-refractivity contribution in [1.29, 1.82) is 0 Å². The van der Waals surface area contributed by atoms with E-state index in [1.165, 1.54) is 0 Å². The Morgan fingerprint density at radius 1 is 1.17 bits per heavy atom. The molecular formula is C18H27ClN2O3. The molecule has 1 aromatic carbocycles. The fourth-order valence-corrected chi connectivity index (χ4v) is 2.27. The number of likely N-dealkylation sites (N-methyl/N-ethyl adjacent to an activating group) is 1. The fraction of sp³-hybridized carbons (Fsp3) is 0.556. The van der Waals surface area contributed by atoms with E-state index in [4.69, 9.17) is 11.6 Å². The molecule has 1 aromatic rings. The lowest BCUT2D eigenvalue weighted by Crippen LogP contribution is -2.58. The number of benzene rings is 1. The summed E-state index contributed by atoms with van der Waals surface area (Å²) in [5.74, 6) is -1.13. The molecule has 0 aliphatic heterocycles. The van der Waals surface area contributed by atoms with E-state index in [1.807, 2.05) is 36.1 Å². The Kier molecular flexibility index (Phi) is 6.81. The van der Waals surface area contributed by atoms with E-state index in [2.05, 4.69) is 5.32 Å². The van der Waals surface area contributed by atoms with Crippen LogP contribution in [0.15, 0.2) is 24.3 Å². The van der Waals surface area contributed by atoms with Gasteiger partial charge in [0.25, 0.3) is 0 Å². The Labute approximate surface area is 149 Å². The first kappa shape index (κ1) is 20.5. The summed E-state index contributed by atoms with van der Waals surface area (Å²) in [6.07, 6.45) is 0. The van der Waals surface area contributed by atoms with Crippen LogP contribution in [0.4, 0.5) is 0 Å². The molecule has 0 aromatic heterocycles. The van der Waals surface area contributed by atoms with E-state index in [-0.39, 0.29) is 12.5 Å². The average Bonchev–Trinajstić information content (AvgIpc) is 2.47. The number of carboxylic acid groups (broad SMARTS) is 1. The molecule has 0 fully saturated rings. The third kappa shape index (κ3) is 5.21. The largest absolute Gasteiger partial charge is 0.481 e. The van der Waals surface area contributed by atoms with Crippen LogP contribution in [0.25, 0.3) is 0 Å². The summed E-state index contributed by atoms with van der Waals surface area (Å²) in [7, 11) is 0. The lowest BCUT2D eigenvalue weighted by Gasteiger charge is -2.39. The number of hydrogen-bond donors (Lipinski definition) is 2. The molecule has 134 valence electrons. The van der Waals surface area contributed by atoms with Gasteiger partial charge < -0.3 is 10.4 Å². The van der Waals surface area contributed by atoms with Crippen LogP contribution in [0.5, 0.6) is 0 Å². The van der Waals surface area contributed by atoms with Gasteiger partial charge in [-0.1, -0.05) is 30.7 Å². The zero-order chi connectivity index (χ0) is 18.5. The molecule has 0 atom stereocenters. The SMILES string of the molecule is CCN(CC(=O)NC(C)(C)C(C)(C)C(=O)O)Cc1ccc(Cl)cc1. The minimum absolute atomic E-state index is 0.190. The lowest BCUT2D eigenvalue weighted by molar-refractivity contribution is -0.151. The van der Waals surface area contributed by atoms with Crippen LogP contribution < -0.4 is 5.32 Å². The van der Waals surface area contributed by atoms with E-state index in [0.29, 0.717) is 18.1 Å². The summed E-state index contributed by atoms with van der Waals surface area (Å²) >= 11 is 5.88. The van der Waals surface area contributed by atoms with Gasteiger partial charge in [0.1, 0.15) is 0 Å². The molecule has 2 N–H and O–H groups in total. The lowest BCUT2D eigenvalue weighted by atomic mass is 9.74. The molecule has 0 spiro atoms. The second-order valence-electron chi connectivity index (χ2n) is 7.03. The predicted octanol–water partition coefficient (Wildman–Crippen LogP) is 3.17. The van der Waals surface area contributed by atoms with Crippen molar-refractivity contribution in [1.82, 2.24) is 10.2 Å². The van der Waals surface area contributed by atoms with Crippen LogP contribution in [-0.4, -0.2) is 40.5 Å². The molecule has 0 aliphatic rings. The van der Waals surface area contributed by atoms with Gasteiger partial charge in [-0.05, 0) is 51.9 Å². The van der Waals surface area contributed by atoms with E-state index >= 15 is 0 Å². The van der Waals surface area contributed by atoms with E-state index in [0.717, 1.165) is 5.56 Å². The number of hydrogen-bond acceptors (Lipinski definition) is 3. The van der Waals surface area contributed by atoms with Crippen LogP contribution in [0.1, 0.15) is 40.2 Å². The van der Waals surface area contributed by atoms with Crippen molar-refractivity contribution in [2.24, 2.45) is 5.41 Å². The number of carbonyl (C=O) groups is 2. The summed E-state index contributed by atoms with van der Waals surface area (Å²) in [4.78, 5) is 25.8. The molecule has 0 heterocycles. The zero-order valence-corrected chi connectivity index (χ0v) is 15.8. The number of nitrogens with zero attached hydrogens (tertiary/aromatic N) is 1. The molecule has 0 bridgehead atoms. The van der Waals surface area contributed by atoms with Gasteiger partial charge in [-0.2, -0.15) is 0 Å². The molecule has 0 saturated carbocycles. The van der Waals surface area contributed by atoms with Crippen molar-refractivity contribution in [2.45, 2.75) is 46.7 Å². The highest BCUT2D eigenvalue weighted by atomic mass is 35.5. The van der Waals surface area contributed by atoms with Gasteiger partial charge in [0.05, 0.1) is 17.5 Å². The second-order valence-corrected chi connectivity index (χ2v) is 7.47. The summed E-state index contributed by atoms with van der Waals surface area (Å²) in [6.45, 7) is 10.2. The topological polar surface area (TPSA) is 69.6 Å². The van der Waals surface area contributed by atoms with Gasteiger partial charge in [-0.15, -0.1) is 0 Å². The van der Waals surface area contributed by atoms with Crippen molar-refractivity contribution in [3.8, 4) is 0 Å². The van der Waals surface area contributed by atoms with E-state index in [1.54, 1.807) is 27.7 Å². The monoisotopic (exact) mass is 354 g/mol. The van der Waals surface area contributed by atoms with Crippen LogP contribution in [0.3, 0.4) is 0 Å². The van der Waals surface area contributed by atoms with Gasteiger partial charge in [-0.3, -0.25) is 14.5 Å². The van der Waals surface area contributed by atoms with E-state index < -0.39 is 16.9 Å². The molecule has 1 amide bonds. The van der Waals surface area contributed by atoms with Crippen LogP contribution in [-0.2, 0) is 16.1 Å². The third-order valence-electron chi connectivity index (χ3n) is 4.68. The molecule has 24 heavy (non-hydrogen) atoms. The first-order valence-electron chi connectivity index (χ1n) is 8.01. The average molecular weight is 355 g/mol. The van der Waals surface area contributed by atoms with Crippen LogP contribution in [0, 0.1) is 5.41 Å². The van der Waals surface area contributed by atoms with Gasteiger partial charge in [-0.25, -0.2) is 0 Å². The van der Waals surface area contributed by atoms with Crippen molar-refractivity contribution in [3.05, 3.63) is 34.9 Å². The molecule has 1 rings (SSSR count). The Morgan fingerprint density at radius 3 is 2.17 bits per heavy atom. The number of carboxylic acids is 1. The minimum Gasteiger partial charge on any atom is -0.481 e. The summed E-state index contributed by atoms with van der Waals surface area (Å²) < 4.78 is 0. The van der Waals surface area contributed by atoms with Crippen LogP contribution >= 0.6 is 11.6 Å².